The number of aromatic hydroxyl groups is 1. The van der Waals surface area contributed by atoms with Gasteiger partial charge in [-0.05, 0) is 36.4 Å². The van der Waals surface area contributed by atoms with E-state index in [1.807, 2.05) is 0 Å². The Labute approximate surface area is 208 Å². The minimum atomic E-state index is -1.72. The number of amides is 1. The van der Waals surface area contributed by atoms with Crippen molar-refractivity contribution < 1.29 is 33.8 Å². The summed E-state index contributed by atoms with van der Waals surface area (Å²) in [6.07, 6.45) is -1.33. The van der Waals surface area contributed by atoms with Gasteiger partial charge in [0.1, 0.15) is 23.5 Å². The van der Waals surface area contributed by atoms with E-state index in [-0.39, 0.29) is 22.0 Å². The normalized spacial score (nSPS) is 15.1. The number of carbonyl (C=O) groups excluding carboxylic acids is 4. The summed E-state index contributed by atoms with van der Waals surface area (Å²) < 4.78 is 11.3. The molecular formula is C26H18N2O7S. The molecule has 36 heavy (non-hydrogen) atoms. The first-order valence-electron chi connectivity index (χ1n) is 10.8. The second-order valence-electron chi connectivity index (χ2n) is 7.94. The lowest BCUT2D eigenvalue weighted by Gasteiger charge is -2.21. The number of phenols is 1. The first-order valence-corrected chi connectivity index (χ1v) is 11.6. The van der Waals surface area contributed by atoms with Gasteiger partial charge in [0, 0.05) is 5.56 Å². The number of fused-ring (bicyclic) bond motifs is 2. The van der Waals surface area contributed by atoms with Crippen molar-refractivity contribution in [3.63, 3.8) is 0 Å². The molecule has 0 spiro atoms. The number of Topliss-reactive ketones (excluding diaryl/α,β-unsaturated/α-hetero) is 2. The molecule has 2 atom stereocenters. The van der Waals surface area contributed by atoms with Crippen LogP contribution in [0.3, 0.4) is 0 Å². The summed E-state index contributed by atoms with van der Waals surface area (Å²) in [5.74, 6) is -5.27. The van der Waals surface area contributed by atoms with Crippen molar-refractivity contribution in [2.75, 3.05) is 12.4 Å². The van der Waals surface area contributed by atoms with E-state index in [0.29, 0.717) is 16.8 Å². The molecule has 1 aliphatic heterocycles. The number of thiazole rings is 1. The van der Waals surface area contributed by atoms with Crippen molar-refractivity contribution in [1.82, 2.24) is 4.98 Å². The van der Waals surface area contributed by atoms with Gasteiger partial charge in [-0.3, -0.25) is 19.7 Å². The van der Waals surface area contributed by atoms with Crippen LogP contribution in [0, 0.1) is 5.92 Å². The van der Waals surface area contributed by atoms with Gasteiger partial charge >= 0.3 is 5.97 Å². The molecule has 2 heterocycles. The Balaban J connectivity index is 1.50. The van der Waals surface area contributed by atoms with Crippen LogP contribution < -0.4 is 10.1 Å². The van der Waals surface area contributed by atoms with Crippen LogP contribution in [0.1, 0.15) is 32.4 Å². The molecule has 0 fully saturated rings. The molecule has 180 valence electrons. The van der Waals surface area contributed by atoms with E-state index >= 15 is 0 Å². The Bertz CT molecular complexity index is 1540. The molecule has 1 amide bonds. The maximum atomic E-state index is 13.5. The largest absolute Gasteiger partial charge is 0.507 e. The number of ketones is 2. The van der Waals surface area contributed by atoms with Crippen LogP contribution in [0.4, 0.5) is 5.13 Å². The lowest BCUT2D eigenvalue weighted by Crippen LogP contribution is -2.38. The van der Waals surface area contributed by atoms with E-state index in [1.165, 1.54) is 37.4 Å². The summed E-state index contributed by atoms with van der Waals surface area (Å²) in [6.45, 7) is 0. The molecule has 3 aromatic carbocycles. The van der Waals surface area contributed by atoms with Gasteiger partial charge in [-0.1, -0.05) is 41.7 Å². The molecule has 9 nitrogen and oxygen atoms in total. The van der Waals surface area contributed by atoms with E-state index in [1.54, 1.807) is 36.4 Å². The average molecular weight is 503 g/mol. The molecule has 0 saturated heterocycles. The van der Waals surface area contributed by atoms with E-state index in [0.717, 1.165) is 16.0 Å². The topological polar surface area (TPSA) is 132 Å². The van der Waals surface area contributed by atoms with Crippen LogP contribution in [0.25, 0.3) is 10.2 Å². The highest BCUT2D eigenvalue weighted by Crippen LogP contribution is 2.39. The van der Waals surface area contributed by atoms with Crippen molar-refractivity contribution in [2.24, 2.45) is 5.92 Å². The predicted molar refractivity (Wildman–Crippen MR) is 130 cm³/mol. The smallest absolute Gasteiger partial charge is 0.339 e. The standard InChI is InChI=1S/C26H18N2O7S/c1-34-13-10-11-17-19(12-13)36-26(27-17)28-24(32)22(31)20(21(30)16-8-4-5-9-18(16)29)23-14-6-2-3-7-15(14)25(33)35-23/h2-12,20,23,29H,1H3,(H,27,28,32). The zero-order chi connectivity index (χ0) is 25.4. The summed E-state index contributed by atoms with van der Waals surface area (Å²) >= 11 is 1.13. The third kappa shape index (κ3) is 4.07. The minimum Gasteiger partial charge on any atom is -0.507 e. The van der Waals surface area contributed by atoms with Crippen LogP contribution in [-0.2, 0) is 14.3 Å². The van der Waals surface area contributed by atoms with Gasteiger partial charge < -0.3 is 14.6 Å². The lowest BCUT2D eigenvalue weighted by atomic mass is 9.84. The third-order valence-corrected chi connectivity index (χ3v) is 6.73. The molecule has 0 aliphatic carbocycles. The van der Waals surface area contributed by atoms with Crippen LogP contribution >= 0.6 is 11.3 Å². The van der Waals surface area contributed by atoms with E-state index in [9.17, 15) is 24.3 Å². The van der Waals surface area contributed by atoms with Crippen molar-refractivity contribution in [2.45, 2.75) is 6.10 Å². The number of rotatable bonds is 7. The summed E-state index contributed by atoms with van der Waals surface area (Å²) in [4.78, 5) is 56.7. The Kier molecular flexibility index (Phi) is 5.95. The molecular weight excluding hydrogens is 484 g/mol. The van der Waals surface area contributed by atoms with Crippen molar-refractivity contribution in [1.29, 1.82) is 0 Å². The van der Waals surface area contributed by atoms with Crippen LogP contribution in [0.2, 0.25) is 0 Å². The summed E-state index contributed by atoms with van der Waals surface area (Å²) in [7, 11) is 1.53. The van der Waals surface area contributed by atoms with E-state index in [4.69, 9.17) is 9.47 Å². The van der Waals surface area contributed by atoms with Crippen molar-refractivity contribution in [3.05, 3.63) is 83.4 Å². The fourth-order valence-corrected chi connectivity index (χ4v) is 4.94. The van der Waals surface area contributed by atoms with Crippen molar-refractivity contribution >= 4 is 50.1 Å². The molecule has 1 aromatic heterocycles. The molecule has 2 unspecified atom stereocenters. The third-order valence-electron chi connectivity index (χ3n) is 5.80. The average Bonchev–Trinajstić information content (AvgIpc) is 3.44. The fourth-order valence-electron chi connectivity index (χ4n) is 4.05. The predicted octanol–water partition coefficient (Wildman–Crippen LogP) is 3.93. The monoisotopic (exact) mass is 502 g/mol. The number of nitrogens with zero attached hydrogens (tertiary/aromatic N) is 1. The van der Waals surface area contributed by atoms with Gasteiger partial charge in [0.15, 0.2) is 10.9 Å². The number of cyclic esters (lactones) is 1. The highest BCUT2D eigenvalue weighted by Gasteiger charge is 2.46. The molecule has 10 heteroatoms. The molecule has 0 saturated carbocycles. The number of carbonyl (C=O) groups is 4. The Morgan fingerprint density at radius 2 is 1.83 bits per heavy atom. The summed E-state index contributed by atoms with van der Waals surface area (Å²) in [6, 6.07) is 17.1. The second kappa shape index (κ2) is 9.23. The zero-order valence-electron chi connectivity index (χ0n) is 18.8. The van der Waals surface area contributed by atoms with Crippen molar-refractivity contribution in [3.8, 4) is 11.5 Å². The lowest BCUT2D eigenvalue weighted by molar-refractivity contribution is -0.138. The van der Waals surface area contributed by atoms with Gasteiger partial charge in [0.05, 0.1) is 28.5 Å². The first kappa shape index (κ1) is 23.2. The molecule has 1 aliphatic rings. The van der Waals surface area contributed by atoms with Crippen LogP contribution in [0.5, 0.6) is 11.5 Å². The number of nitrogens with one attached hydrogen (secondary N) is 1. The number of anilines is 1. The molecule has 2 N–H and O–H groups in total. The number of phenolic OH excluding ortho intramolecular Hbond substituents is 1. The number of aromatic nitrogens is 1. The number of ether oxygens (including phenoxy) is 2. The van der Waals surface area contributed by atoms with Crippen LogP contribution in [-0.4, -0.2) is 40.6 Å². The number of para-hydroxylation sites is 1. The highest BCUT2D eigenvalue weighted by atomic mass is 32.1. The van der Waals surface area contributed by atoms with E-state index in [2.05, 4.69) is 10.3 Å². The van der Waals surface area contributed by atoms with E-state index < -0.39 is 35.5 Å². The number of benzene rings is 3. The Hall–Kier alpha value is -4.57. The Morgan fingerprint density at radius 1 is 1.08 bits per heavy atom. The molecule has 5 rings (SSSR count). The first-order chi connectivity index (χ1) is 17.4. The van der Waals surface area contributed by atoms with Gasteiger partial charge in [-0.2, -0.15) is 0 Å². The second-order valence-corrected chi connectivity index (χ2v) is 8.97. The van der Waals surface area contributed by atoms with Gasteiger partial charge in [0.25, 0.3) is 5.91 Å². The molecule has 0 radical (unpaired) electrons. The number of hydrogen-bond acceptors (Lipinski definition) is 9. The quantitative estimate of drug-likeness (QED) is 0.168. The minimum absolute atomic E-state index is 0.147. The maximum Gasteiger partial charge on any atom is 0.339 e. The fraction of sp³-hybridized carbons (Fsp3) is 0.115. The number of esters is 1. The summed E-state index contributed by atoms with van der Waals surface area (Å²) in [5.41, 5.74) is 0.926. The maximum absolute atomic E-state index is 13.5. The zero-order valence-corrected chi connectivity index (χ0v) is 19.6. The molecule has 4 aromatic rings. The van der Waals surface area contributed by atoms with Gasteiger partial charge in [0.2, 0.25) is 5.78 Å². The SMILES string of the molecule is COc1ccc2nc(NC(=O)C(=O)C(C(=O)c3ccccc3O)C3OC(=O)c4ccccc43)sc2c1. The Morgan fingerprint density at radius 3 is 2.61 bits per heavy atom. The molecule has 0 bridgehead atoms. The number of hydrogen-bond donors (Lipinski definition) is 2. The summed E-state index contributed by atoms with van der Waals surface area (Å²) in [5, 5.41) is 12.8. The van der Waals surface area contributed by atoms with Gasteiger partial charge in [-0.15, -0.1) is 0 Å². The highest BCUT2D eigenvalue weighted by molar-refractivity contribution is 7.22. The number of methoxy groups -OCH3 is 1. The van der Waals surface area contributed by atoms with Crippen LogP contribution in [0.15, 0.2) is 66.7 Å². The van der Waals surface area contributed by atoms with Gasteiger partial charge in [-0.25, -0.2) is 9.78 Å².